The average Bonchev–Trinajstić information content (AvgIpc) is 2.30. The maximum Gasteiger partial charge on any atom is 0.172 e. The summed E-state index contributed by atoms with van der Waals surface area (Å²) in [7, 11) is 2.08. The van der Waals surface area contributed by atoms with Crippen molar-refractivity contribution in [3.63, 3.8) is 0 Å². The molecule has 0 radical (unpaired) electrons. The summed E-state index contributed by atoms with van der Waals surface area (Å²) in [6.45, 7) is 3.72. The van der Waals surface area contributed by atoms with E-state index in [1.54, 1.807) is 0 Å². The number of nitrogens with zero attached hydrogens (tertiary/aromatic N) is 4. The van der Waals surface area contributed by atoms with E-state index < -0.39 is 0 Å². The minimum Gasteiger partial charge on any atom is -0.351 e. The van der Waals surface area contributed by atoms with Gasteiger partial charge in [0.2, 0.25) is 0 Å². The number of carbonyl (C=O) groups is 1. The smallest absolute Gasteiger partial charge is 0.172 e. The first-order valence-corrected chi connectivity index (χ1v) is 5.49. The maximum absolute atomic E-state index is 10.5. The molecule has 0 unspecified atom stereocenters. The molecule has 0 aliphatic carbocycles. The van der Waals surface area contributed by atoms with E-state index in [-0.39, 0.29) is 5.69 Å². The minimum absolute atomic E-state index is 0.267. The fourth-order valence-corrected chi connectivity index (χ4v) is 1.93. The maximum atomic E-state index is 10.5. The highest BCUT2D eigenvalue weighted by molar-refractivity contribution is 6.31. The molecule has 2 rings (SSSR count). The van der Waals surface area contributed by atoms with Gasteiger partial charge in [0.1, 0.15) is 5.69 Å². The predicted octanol–water partition coefficient (Wildman–Crippen LogP) is 0.694. The highest BCUT2D eigenvalue weighted by atomic mass is 35.5. The lowest BCUT2D eigenvalue weighted by atomic mass is 10.3. The summed E-state index contributed by atoms with van der Waals surface area (Å²) in [5.74, 6) is 0.667. The van der Waals surface area contributed by atoms with Gasteiger partial charge in [-0.1, -0.05) is 11.6 Å². The summed E-state index contributed by atoms with van der Waals surface area (Å²) in [4.78, 5) is 23.0. The first kappa shape index (κ1) is 11.3. The van der Waals surface area contributed by atoms with Gasteiger partial charge in [-0.15, -0.1) is 0 Å². The van der Waals surface area contributed by atoms with E-state index in [0.717, 1.165) is 26.2 Å². The second kappa shape index (κ2) is 4.76. The van der Waals surface area contributed by atoms with Gasteiger partial charge in [0, 0.05) is 26.2 Å². The first-order valence-electron chi connectivity index (χ1n) is 5.12. The van der Waals surface area contributed by atoms with Gasteiger partial charge >= 0.3 is 0 Å². The Kier molecular flexibility index (Phi) is 3.36. The number of hydrogen-bond acceptors (Lipinski definition) is 5. The zero-order chi connectivity index (χ0) is 11.5. The molecule has 1 saturated heterocycles. The molecule has 0 bridgehead atoms. The Morgan fingerprint density at radius 1 is 1.38 bits per heavy atom. The number of aromatic nitrogens is 2. The van der Waals surface area contributed by atoms with Crippen molar-refractivity contribution in [3.05, 3.63) is 17.0 Å². The fraction of sp³-hybridized carbons (Fsp3) is 0.500. The molecule has 1 aliphatic rings. The van der Waals surface area contributed by atoms with E-state index in [1.165, 1.54) is 6.20 Å². The van der Waals surface area contributed by atoms with Gasteiger partial charge in [0.25, 0.3) is 0 Å². The summed E-state index contributed by atoms with van der Waals surface area (Å²) in [6.07, 6.45) is 2.10. The molecule has 0 spiro atoms. The van der Waals surface area contributed by atoms with Crippen molar-refractivity contribution in [2.24, 2.45) is 0 Å². The van der Waals surface area contributed by atoms with Crippen LogP contribution in [-0.2, 0) is 0 Å². The summed E-state index contributed by atoms with van der Waals surface area (Å²) in [5.41, 5.74) is 0.267. The van der Waals surface area contributed by atoms with E-state index >= 15 is 0 Å². The lowest BCUT2D eigenvalue weighted by molar-refractivity contribution is 0.111. The van der Waals surface area contributed by atoms with E-state index in [1.807, 2.05) is 0 Å². The predicted molar refractivity (Wildman–Crippen MR) is 62.1 cm³/mol. The lowest BCUT2D eigenvalue weighted by Crippen LogP contribution is -2.45. The van der Waals surface area contributed by atoms with Gasteiger partial charge in [-0.3, -0.25) is 4.79 Å². The van der Waals surface area contributed by atoms with Crippen LogP contribution in [0.25, 0.3) is 0 Å². The Hall–Kier alpha value is -1.20. The summed E-state index contributed by atoms with van der Waals surface area (Å²) in [6, 6.07) is 0. The molecule has 5 nitrogen and oxygen atoms in total. The quantitative estimate of drug-likeness (QED) is 0.712. The number of likely N-dealkylation sites (N-methyl/N-ethyl adjacent to an activating group) is 1. The molecule has 2 heterocycles. The Morgan fingerprint density at radius 2 is 2.06 bits per heavy atom. The third kappa shape index (κ3) is 2.31. The molecule has 1 aromatic heterocycles. The topological polar surface area (TPSA) is 49.3 Å². The zero-order valence-electron chi connectivity index (χ0n) is 9.06. The number of aldehydes is 1. The molecule has 1 fully saturated rings. The van der Waals surface area contributed by atoms with Gasteiger partial charge in [-0.05, 0) is 7.05 Å². The van der Waals surface area contributed by atoms with E-state index in [9.17, 15) is 4.79 Å². The molecule has 86 valence electrons. The van der Waals surface area contributed by atoms with E-state index in [0.29, 0.717) is 17.3 Å². The van der Waals surface area contributed by atoms with Gasteiger partial charge in [0.15, 0.2) is 17.3 Å². The molecule has 1 aromatic rings. The molecule has 0 aromatic carbocycles. The number of rotatable bonds is 2. The molecule has 1 aliphatic heterocycles. The van der Waals surface area contributed by atoms with Crippen LogP contribution < -0.4 is 4.90 Å². The molecular formula is C10H13ClN4O. The number of piperazine rings is 1. The zero-order valence-corrected chi connectivity index (χ0v) is 9.81. The number of carbonyl (C=O) groups excluding carboxylic acids is 1. The molecule has 0 N–H and O–H groups in total. The Morgan fingerprint density at radius 3 is 2.62 bits per heavy atom. The Bertz CT molecular complexity index is 390. The van der Waals surface area contributed by atoms with Crippen molar-refractivity contribution in [1.82, 2.24) is 14.9 Å². The third-order valence-corrected chi connectivity index (χ3v) is 2.91. The van der Waals surface area contributed by atoms with Crippen LogP contribution in [0.15, 0.2) is 6.20 Å². The van der Waals surface area contributed by atoms with Crippen molar-refractivity contribution in [2.75, 3.05) is 38.1 Å². The van der Waals surface area contributed by atoms with Gasteiger partial charge < -0.3 is 9.80 Å². The highest BCUT2D eigenvalue weighted by Crippen LogP contribution is 2.21. The van der Waals surface area contributed by atoms with Crippen LogP contribution in [0.2, 0.25) is 5.15 Å². The second-order valence-electron chi connectivity index (χ2n) is 3.82. The average molecular weight is 241 g/mol. The number of halogens is 1. The van der Waals surface area contributed by atoms with E-state index in [4.69, 9.17) is 11.6 Å². The Labute approximate surface area is 99.0 Å². The van der Waals surface area contributed by atoms with Crippen LogP contribution >= 0.6 is 11.6 Å². The van der Waals surface area contributed by atoms with Crippen molar-refractivity contribution in [3.8, 4) is 0 Å². The van der Waals surface area contributed by atoms with E-state index in [2.05, 4.69) is 26.8 Å². The van der Waals surface area contributed by atoms with Crippen LogP contribution in [0.3, 0.4) is 0 Å². The largest absolute Gasteiger partial charge is 0.351 e. The fourth-order valence-electron chi connectivity index (χ4n) is 1.66. The molecule has 16 heavy (non-hydrogen) atoms. The molecule has 0 amide bonds. The lowest BCUT2D eigenvalue weighted by Gasteiger charge is -2.33. The number of anilines is 1. The molecular weight excluding hydrogens is 228 g/mol. The molecule has 6 heteroatoms. The van der Waals surface area contributed by atoms with Crippen molar-refractivity contribution >= 4 is 23.7 Å². The van der Waals surface area contributed by atoms with Crippen LogP contribution in [0.5, 0.6) is 0 Å². The van der Waals surface area contributed by atoms with Crippen LogP contribution in [0.1, 0.15) is 10.5 Å². The van der Waals surface area contributed by atoms with Crippen molar-refractivity contribution in [1.29, 1.82) is 0 Å². The minimum atomic E-state index is 0.267. The van der Waals surface area contributed by atoms with Crippen molar-refractivity contribution in [2.45, 2.75) is 0 Å². The van der Waals surface area contributed by atoms with Gasteiger partial charge in [0.05, 0.1) is 6.20 Å². The van der Waals surface area contributed by atoms with Crippen LogP contribution in [-0.4, -0.2) is 54.4 Å². The summed E-state index contributed by atoms with van der Waals surface area (Å²) < 4.78 is 0. The SMILES string of the molecule is CN1CCN(c2ncc(C=O)nc2Cl)CC1. The first-order chi connectivity index (χ1) is 7.70. The normalized spacial score (nSPS) is 17.5. The van der Waals surface area contributed by atoms with Gasteiger partial charge in [-0.25, -0.2) is 9.97 Å². The monoisotopic (exact) mass is 240 g/mol. The second-order valence-corrected chi connectivity index (χ2v) is 4.18. The standard InChI is InChI=1S/C10H13ClN4O/c1-14-2-4-15(5-3-14)10-9(11)13-8(7-16)6-12-10/h6-7H,2-5H2,1H3. The van der Waals surface area contributed by atoms with Crippen LogP contribution in [0, 0.1) is 0 Å². The third-order valence-electron chi connectivity index (χ3n) is 2.65. The molecule has 0 atom stereocenters. The highest BCUT2D eigenvalue weighted by Gasteiger charge is 2.18. The van der Waals surface area contributed by atoms with Gasteiger partial charge in [-0.2, -0.15) is 0 Å². The summed E-state index contributed by atoms with van der Waals surface area (Å²) in [5, 5.41) is 0.300. The molecule has 0 saturated carbocycles. The van der Waals surface area contributed by atoms with Crippen molar-refractivity contribution < 1.29 is 4.79 Å². The summed E-state index contributed by atoms with van der Waals surface area (Å²) >= 11 is 5.99. The number of hydrogen-bond donors (Lipinski definition) is 0. The Balaban J connectivity index is 2.17. The van der Waals surface area contributed by atoms with Crippen LogP contribution in [0.4, 0.5) is 5.82 Å².